The number of aromatic nitrogens is 2. The van der Waals surface area contributed by atoms with E-state index in [2.05, 4.69) is 64.6 Å². The average molecular weight is 422 g/mol. The third kappa shape index (κ3) is 4.46. The number of likely N-dealkylation sites (tertiary alicyclic amines) is 1. The van der Waals surface area contributed by atoms with Gasteiger partial charge in [-0.1, -0.05) is 30.3 Å². The molecule has 1 saturated heterocycles. The number of rotatable bonds is 6. The van der Waals surface area contributed by atoms with Crippen LogP contribution in [0.5, 0.6) is 0 Å². The van der Waals surface area contributed by atoms with Crippen molar-refractivity contribution < 1.29 is 9.59 Å². The Labute approximate surface area is 183 Å². The number of nitrogens with one attached hydrogen (secondary N) is 1. The van der Waals surface area contributed by atoms with E-state index < -0.39 is 0 Å². The number of hydrogen-bond acceptors (Lipinski definition) is 5. The van der Waals surface area contributed by atoms with Crippen molar-refractivity contribution in [1.29, 1.82) is 0 Å². The van der Waals surface area contributed by atoms with Crippen molar-refractivity contribution in [2.45, 2.75) is 44.2 Å². The number of carbonyl (C=O) groups excluding carboxylic acids is 2. The third-order valence-corrected chi connectivity index (χ3v) is 7.15. The molecule has 1 aromatic carbocycles. The monoisotopic (exact) mass is 421 g/mol. The number of benzene rings is 1. The SMILES string of the molecule is CN(C)C1(c2ccccc2)CCC2(CC1)CC(=O)N(CC(=O)NCc1ccncn1)C2. The van der Waals surface area contributed by atoms with Gasteiger partial charge in [-0.25, -0.2) is 9.97 Å². The maximum Gasteiger partial charge on any atom is 0.239 e. The predicted molar refractivity (Wildman–Crippen MR) is 118 cm³/mol. The van der Waals surface area contributed by atoms with E-state index >= 15 is 0 Å². The normalized spacial score (nSPS) is 25.9. The Morgan fingerprint density at radius 3 is 2.52 bits per heavy atom. The van der Waals surface area contributed by atoms with Gasteiger partial charge in [-0.3, -0.25) is 14.5 Å². The highest BCUT2D eigenvalue weighted by molar-refractivity contribution is 5.86. The lowest BCUT2D eigenvalue weighted by Gasteiger charge is -2.48. The molecule has 2 amide bonds. The topological polar surface area (TPSA) is 78.4 Å². The van der Waals surface area contributed by atoms with Crippen LogP contribution in [0.15, 0.2) is 48.9 Å². The Balaban J connectivity index is 1.36. The molecule has 7 heteroatoms. The first-order valence-corrected chi connectivity index (χ1v) is 10.9. The van der Waals surface area contributed by atoms with Crippen molar-refractivity contribution in [3.05, 3.63) is 60.2 Å². The van der Waals surface area contributed by atoms with E-state index in [0.717, 1.165) is 31.4 Å². The van der Waals surface area contributed by atoms with E-state index in [0.29, 0.717) is 19.5 Å². The van der Waals surface area contributed by atoms with Crippen LogP contribution >= 0.6 is 0 Å². The van der Waals surface area contributed by atoms with Gasteiger partial charge < -0.3 is 10.2 Å². The minimum Gasteiger partial charge on any atom is -0.349 e. The quantitative estimate of drug-likeness (QED) is 0.775. The van der Waals surface area contributed by atoms with Gasteiger partial charge in [0.1, 0.15) is 6.33 Å². The second kappa shape index (κ2) is 8.75. The van der Waals surface area contributed by atoms with Gasteiger partial charge in [-0.2, -0.15) is 0 Å². The standard InChI is InChI=1S/C24H31N5O2/c1-28(2)24(19-6-4-3-5-7-19)11-9-23(10-12-24)14-22(31)29(17-23)16-21(30)26-15-20-8-13-25-18-27-20/h3-8,13,18H,9-12,14-17H2,1-2H3,(H,26,30). The molecule has 1 aliphatic heterocycles. The molecule has 31 heavy (non-hydrogen) atoms. The zero-order valence-corrected chi connectivity index (χ0v) is 18.4. The molecule has 2 aromatic rings. The van der Waals surface area contributed by atoms with Gasteiger partial charge in [-0.05, 0) is 56.8 Å². The van der Waals surface area contributed by atoms with Crippen molar-refractivity contribution in [2.24, 2.45) is 5.41 Å². The van der Waals surface area contributed by atoms with Gasteiger partial charge in [0, 0.05) is 24.7 Å². The second-order valence-electron chi connectivity index (χ2n) is 9.20. The Morgan fingerprint density at radius 1 is 1.13 bits per heavy atom. The maximum absolute atomic E-state index is 12.7. The van der Waals surface area contributed by atoms with Crippen molar-refractivity contribution in [1.82, 2.24) is 25.1 Å². The minimum atomic E-state index is -0.147. The molecule has 2 heterocycles. The number of amides is 2. The summed E-state index contributed by atoms with van der Waals surface area (Å²) >= 11 is 0. The van der Waals surface area contributed by atoms with Gasteiger partial charge in [-0.15, -0.1) is 0 Å². The molecule has 164 valence electrons. The summed E-state index contributed by atoms with van der Waals surface area (Å²) in [6, 6.07) is 12.5. The number of carbonyl (C=O) groups is 2. The molecule has 0 bridgehead atoms. The van der Waals surface area contributed by atoms with Crippen LogP contribution in [0.1, 0.15) is 43.4 Å². The molecule has 2 fully saturated rings. The van der Waals surface area contributed by atoms with Crippen molar-refractivity contribution >= 4 is 11.8 Å². The Kier molecular flexibility index (Phi) is 6.05. The average Bonchev–Trinajstić information content (AvgIpc) is 3.08. The van der Waals surface area contributed by atoms with Gasteiger partial charge in [0.15, 0.2) is 0 Å². The fraction of sp³-hybridized carbons (Fsp3) is 0.500. The molecule has 0 radical (unpaired) electrons. The van der Waals surface area contributed by atoms with Crippen molar-refractivity contribution in [2.75, 3.05) is 27.2 Å². The molecule has 7 nitrogen and oxygen atoms in total. The van der Waals surface area contributed by atoms with Gasteiger partial charge in [0.05, 0.1) is 18.8 Å². The van der Waals surface area contributed by atoms with E-state index in [4.69, 9.17) is 0 Å². The molecule has 1 N–H and O–H groups in total. The molecule has 1 spiro atoms. The molecular formula is C24H31N5O2. The highest BCUT2D eigenvalue weighted by atomic mass is 16.2. The molecule has 0 unspecified atom stereocenters. The van der Waals surface area contributed by atoms with Crippen LogP contribution in [0.2, 0.25) is 0 Å². The summed E-state index contributed by atoms with van der Waals surface area (Å²) in [5.74, 6) is -0.0546. The first-order valence-electron chi connectivity index (χ1n) is 10.9. The molecule has 4 rings (SSSR count). The summed E-state index contributed by atoms with van der Waals surface area (Å²) in [6.45, 7) is 1.13. The fourth-order valence-electron chi connectivity index (χ4n) is 5.24. The minimum absolute atomic E-state index is 0.0118. The smallest absolute Gasteiger partial charge is 0.239 e. The van der Waals surface area contributed by atoms with E-state index in [9.17, 15) is 9.59 Å². The van der Waals surface area contributed by atoms with Crippen LogP contribution in [-0.2, 0) is 21.7 Å². The van der Waals surface area contributed by atoms with Crippen LogP contribution in [0, 0.1) is 5.41 Å². The third-order valence-electron chi connectivity index (χ3n) is 7.15. The zero-order valence-electron chi connectivity index (χ0n) is 18.4. The number of hydrogen-bond donors (Lipinski definition) is 1. The van der Waals surface area contributed by atoms with Crippen LogP contribution in [-0.4, -0.2) is 58.8 Å². The fourth-order valence-corrected chi connectivity index (χ4v) is 5.24. The van der Waals surface area contributed by atoms with Crippen LogP contribution in [0.4, 0.5) is 0 Å². The summed E-state index contributed by atoms with van der Waals surface area (Å²) in [7, 11) is 4.30. The molecule has 2 aliphatic rings. The van der Waals surface area contributed by atoms with Crippen LogP contribution in [0.25, 0.3) is 0 Å². The summed E-state index contributed by atoms with van der Waals surface area (Å²) < 4.78 is 0. The number of nitrogens with zero attached hydrogens (tertiary/aromatic N) is 4. The lowest BCUT2D eigenvalue weighted by molar-refractivity contribution is -0.133. The Hall–Kier alpha value is -2.80. The largest absolute Gasteiger partial charge is 0.349 e. The Morgan fingerprint density at radius 2 is 1.87 bits per heavy atom. The lowest BCUT2D eigenvalue weighted by Crippen LogP contribution is -2.47. The lowest BCUT2D eigenvalue weighted by atomic mass is 9.64. The van der Waals surface area contributed by atoms with Crippen molar-refractivity contribution in [3.8, 4) is 0 Å². The second-order valence-corrected chi connectivity index (χ2v) is 9.20. The molecule has 1 aromatic heterocycles. The van der Waals surface area contributed by atoms with Gasteiger partial charge in [0.25, 0.3) is 0 Å². The van der Waals surface area contributed by atoms with Gasteiger partial charge in [0.2, 0.25) is 11.8 Å². The summed E-state index contributed by atoms with van der Waals surface area (Å²) in [5.41, 5.74) is 2.09. The first-order chi connectivity index (χ1) is 14.9. The van der Waals surface area contributed by atoms with E-state index in [1.54, 1.807) is 17.2 Å². The van der Waals surface area contributed by atoms with Crippen molar-refractivity contribution in [3.63, 3.8) is 0 Å². The van der Waals surface area contributed by atoms with E-state index in [-0.39, 0.29) is 29.3 Å². The first kappa shape index (κ1) is 21.4. The summed E-state index contributed by atoms with van der Waals surface area (Å²) in [6.07, 6.45) is 7.67. The molecular weight excluding hydrogens is 390 g/mol. The van der Waals surface area contributed by atoms with Crippen LogP contribution in [0.3, 0.4) is 0 Å². The van der Waals surface area contributed by atoms with E-state index in [1.807, 2.05) is 0 Å². The molecule has 1 aliphatic carbocycles. The molecule has 1 saturated carbocycles. The summed E-state index contributed by atoms with van der Waals surface area (Å²) in [5, 5.41) is 2.86. The van der Waals surface area contributed by atoms with E-state index in [1.165, 1.54) is 11.9 Å². The molecule has 0 atom stereocenters. The summed E-state index contributed by atoms with van der Waals surface area (Å²) in [4.78, 5) is 37.2. The predicted octanol–water partition coefficient (Wildman–Crippen LogP) is 2.34. The van der Waals surface area contributed by atoms with Gasteiger partial charge >= 0.3 is 0 Å². The maximum atomic E-state index is 12.7. The van der Waals surface area contributed by atoms with Crippen LogP contribution < -0.4 is 5.32 Å². The highest BCUT2D eigenvalue weighted by Gasteiger charge is 2.50. The highest BCUT2D eigenvalue weighted by Crippen LogP contribution is 2.52. The zero-order chi connectivity index (χ0) is 21.9. The Bertz CT molecular complexity index is 908.